The lowest BCUT2D eigenvalue weighted by Gasteiger charge is -2.44. The molecule has 45 heavy (non-hydrogen) atoms. The molecule has 1 N–H and O–H groups in total. The smallest absolute Gasteiger partial charge is 0.238 e. The number of phenols is 1. The summed E-state index contributed by atoms with van der Waals surface area (Å²) in [6, 6.07) is 15.7. The first kappa shape index (κ1) is 30.8. The molecule has 0 aromatic heterocycles. The van der Waals surface area contributed by atoms with Crippen molar-refractivity contribution >= 4 is 98.7 Å². The fourth-order valence-electron chi connectivity index (χ4n) is 7.62. The molecule has 4 amide bonds. The Morgan fingerprint density at radius 1 is 0.711 bits per heavy atom. The van der Waals surface area contributed by atoms with Gasteiger partial charge >= 0.3 is 0 Å². The van der Waals surface area contributed by atoms with Crippen LogP contribution in [0.1, 0.15) is 24.3 Å². The summed E-state index contributed by atoms with van der Waals surface area (Å²) < 4.78 is 7.99. The Morgan fingerprint density at radius 3 is 1.80 bits per heavy atom. The highest BCUT2D eigenvalue weighted by Crippen LogP contribution is 2.60. The second-order valence-electron chi connectivity index (χ2n) is 11.6. The number of aromatic hydroxyl groups is 1. The lowest BCUT2D eigenvalue weighted by molar-refractivity contribution is -0.126. The molecule has 6 atom stereocenters. The van der Waals surface area contributed by atoms with Gasteiger partial charge in [0.1, 0.15) is 0 Å². The Kier molecular flexibility index (Phi) is 7.86. The van der Waals surface area contributed by atoms with Gasteiger partial charge in [-0.2, -0.15) is 0 Å². The lowest BCUT2D eigenvalue weighted by atomic mass is 9.57. The number of phenolic OH excluding ortho intramolecular Hbond substituents is 1. The predicted molar refractivity (Wildman–Crippen MR) is 181 cm³/mol. The van der Waals surface area contributed by atoms with Crippen LogP contribution < -0.4 is 14.5 Å². The number of anilines is 2. The van der Waals surface area contributed by atoms with E-state index in [1.165, 1.54) is 16.9 Å². The Labute approximate surface area is 292 Å². The first-order valence-corrected chi connectivity index (χ1v) is 17.4. The number of hydrogen-bond acceptors (Lipinski definition) is 6. The number of hydrogen-bond donors (Lipinski definition) is 1. The zero-order chi connectivity index (χ0) is 31.9. The summed E-state index contributed by atoms with van der Waals surface area (Å²) in [5.41, 5.74) is 2.45. The number of halogens is 4. The summed E-state index contributed by atoms with van der Waals surface area (Å²) in [6.45, 7) is 0. The average molecular weight is 864 g/mol. The van der Waals surface area contributed by atoms with Gasteiger partial charge in [0.15, 0.2) is 11.5 Å². The van der Waals surface area contributed by atoms with Crippen LogP contribution in [-0.4, -0.2) is 35.8 Å². The highest BCUT2D eigenvalue weighted by Gasteiger charge is 2.62. The molecule has 230 valence electrons. The van der Waals surface area contributed by atoms with E-state index in [-0.39, 0.29) is 41.5 Å². The zero-order valence-electron chi connectivity index (χ0n) is 23.5. The van der Waals surface area contributed by atoms with Crippen LogP contribution in [0, 0.1) is 29.6 Å². The van der Waals surface area contributed by atoms with Crippen LogP contribution in [0.5, 0.6) is 11.5 Å². The highest BCUT2D eigenvalue weighted by molar-refractivity contribution is 9.13. The van der Waals surface area contributed by atoms with E-state index in [1.807, 2.05) is 6.08 Å². The molecule has 1 saturated carbocycles. The maximum Gasteiger partial charge on any atom is 0.238 e. The second-order valence-corrected chi connectivity index (χ2v) is 15.1. The molecule has 4 aliphatic rings. The summed E-state index contributed by atoms with van der Waals surface area (Å²) in [6.07, 6.45) is 2.57. The van der Waals surface area contributed by atoms with Crippen molar-refractivity contribution in [2.45, 2.75) is 18.8 Å². The number of imide groups is 2. The number of methoxy groups -OCH3 is 1. The van der Waals surface area contributed by atoms with Crippen molar-refractivity contribution in [2.75, 3.05) is 16.9 Å². The summed E-state index contributed by atoms with van der Waals surface area (Å²) in [4.78, 5) is 59.0. The normalized spacial score (nSPS) is 27.4. The van der Waals surface area contributed by atoms with Crippen molar-refractivity contribution in [2.24, 2.45) is 29.6 Å². The molecule has 3 aromatic carbocycles. The van der Waals surface area contributed by atoms with Crippen LogP contribution in [0.3, 0.4) is 0 Å². The number of ether oxygens (including phenoxy) is 1. The second kappa shape index (κ2) is 11.5. The third-order valence-corrected chi connectivity index (χ3v) is 12.8. The Hall–Kier alpha value is -2.80. The van der Waals surface area contributed by atoms with E-state index in [1.54, 1.807) is 54.6 Å². The molecule has 0 bridgehead atoms. The summed E-state index contributed by atoms with van der Waals surface area (Å²) >= 11 is 13.9. The van der Waals surface area contributed by atoms with Crippen LogP contribution in [0.15, 0.2) is 84.1 Å². The maximum atomic E-state index is 14.3. The fourth-order valence-corrected chi connectivity index (χ4v) is 9.12. The summed E-state index contributed by atoms with van der Waals surface area (Å²) in [5.74, 6) is -5.00. The number of rotatable bonds is 4. The van der Waals surface area contributed by atoms with Gasteiger partial charge in [-0.25, -0.2) is 0 Å². The van der Waals surface area contributed by atoms with Gasteiger partial charge in [-0.05, 0) is 111 Å². The van der Waals surface area contributed by atoms with E-state index in [4.69, 9.17) is 4.74 Å². The minimum absolute atomic E-state index is 0.109. The number of benzene rings is 3. The fraction of sp³-hybridized carbons (Fsp3) is 0.273. The van der Waals surface area contributed by atoms with Crippen molar-refractivity contribution < 1.29 is 29.0 Å². The summed E-state index contributed by atoms with van der Waals surface area (Å²) in [5, 5.41) is 10.7. The van der Waals surface area contributed by atoms with E-state index in [0.717, 1.165) is 14.5 Å². The molecular weight excluding hydrogens is 840 g/mol. The first-order valence-electron chi connectivity index (χ1n) is 14.2. The largest absolute Gasteiger partial charge is 0.503 e. The van der Waals surface area contributed by atoms with Gasteiger partial charge in [0.25, 0.3) is 0 Å². The number of allylic oxidation sites excluding steroid dienone is 2. The Bertz CT molecular complexity index is 1830. The Morgan fingerprint density at radius 2 is 1.24 bits per heavy atom. The van der Waals surface area contributed by atoms with Crippen molar-refractivity contribution in [3.05, 3.63) is 89.7 Å². The van der Waals surface area contributed by atoms with Gasteiger partial charge in [0, 0.05) is 19.3 Å². The van der Waals surface area contributed by atoms with Crippen molar-refractivity contribution in [1.29, 1.82) is 0 Å². The number of carbonyl (C=O) groups excluding carboxylic acids is 4. The molecule has 0 unspecified atom stereocenters. The van der Waals surface area contributed by atoms with Crippen LogP contribution in [0.25, 0.3) is 0 Å². The summed E-state index contributed by atoms with van der Waals surface area (Å²) in [7, 11) is 1.44. The van der Waals surface area contributed by atoms with Crippen LogP contribution >= 0.6 is 63.7 Å². The first-order chi connectivity index (χ1) is 21.5. The average Bonchev–Trinajstić information content (AvgIpc) is 3.44. The van der Waals surface area contributed by atoms with Crippen molar-refractivity contribution in [3.8, 4) is 11.5 Å². The third kappa shape index (κ3) is 4.69. The van der Waals surface area contributed by atoms with E-state index < -0.39 is 35.5 Å². The van der Waals surface area contributed by atoms with Gasteiger partial charge in [0.05, 0.1) is 46.6 Å². The SMILES string of the molecule is COc1cc([C@H]2C3=CC[C@@H]4C(=O)N(c5ccc(Br)cc5)C(=O)[C@@H]4[C@@H]3C[C@H]3C(=O)N(c4ccc(Br)cc4)C(=O)[C@@H]23)c(Br)c(Br)c1O. The van der Waals surface area contributed by atoms with Crippen LogP contribution in [-0.2, 0) is 19.2 Å². The molecule has 2 aliphatic heterocycles. The number of nitrogens with zero attached hydrogens (tertiary/aromatic N) is 2. The van der Waals surface area contributed by atoms with Gasteiger partial charge in [-0.15, -0.1) is 0 Å². The molecule has 3 aromatic rings. The lowest BCUT2D eigenvalue weighted by Crippen LogP contribution is -2.43. The van der Waals surface area contributed by atoms with E-state index in [0.29, 0.717) is 32.3 Å². The molecule has 2 saturated heterocycles. The third-order valence-electron chi connectivity index (χ3n) is 9.55. The van der Waals surface area contributed by atoms with Gasteiger partial charge in [-0.3, -0.25) is 29.0 Å². The molecule has 0 radical (unpaired) electrons. The molecule has 7 rings (SSSR count). The molecule has 2 aliphatic carbocycles. The quantitative estimate of drug-likeness (QED) is 0.216. The maximum absolute atomic E-state index is 14.3. The highest BCUT2D eigenvalue weighted by atomic mass is 79.9. The zero-order valence-corrected chi connectivity index (χ0v) is 29.9. The van der Waals surface area contributed by atoms with Crippen LogP contribution in [0.4, 0.5) is 11.4 Å². The minimum atomic E-state index is -0.771. The van der Waals surface area contributed by atoms with E-state index in [2.05, 4.69) is 63.7 Å². The van der Waals surface area contributed by atoms with Crippen molar-refractivity contribution in [3.63, 3.8) is 0 Å². The van der Waals surface area contributed by atoms with Gasteiger partial charge < -0.3 is 9.84 Å². The van der Waals surface area contributed by atoms with Crippen LogP contribution in [0.2, 0.25) is 0 Å². The topological polar surface area (TPSA) is 104 Å². The minimum Gasteiger partial charge on any atom is -0.503 e. The van der Waals surface area contributed by atoms with Gasteiger partial charge in [-0.1, -0.05) is 43.5 Å². The molecule has 8 nitrogen and oxygen atoms in total. The molecular formula is C33H24Br4N2O6. The van der Waals surface area contributed by atoms with E-state index >= 15 is 0 Å². The number of carbonyl (C=O) groups is 4. The molecule has 2 heterocycles. The Balaban J connectivity index is 1.38. The van der Waals surface area contributed by atoms with Gasteiger partial charge in [0.2, 0.25) is 23.6 Å². The monoisotopic (exact) mass is 860 g/mol. The number of fused-ring (bicyclic) bond motifs is 4. The number of amides is 4. The molecule has 0 spiro atoms. The molecule has 3 fully saturated rings. The van der Waals surface area contributed by atoms with Crippen molar-refractivity contribution in [1.82, 2.24) is 0 Å². The molecule has 12 heteroatoms. The van der Waals surface area contributed by atoms with E-state index in [9.17, 15) is 24.3 Å². The predicted octanol–water partition coefficient (Wildman–Crippen LogP) is 7.50. The standard InChI is InChI=1S/C33H24Br4N2O6/c1-45-23-13-21(27(36)28(37)29(23)40)24-18-10-11-19-25(32(43)38(30(19)41)16-6-2-14(34)3-7-16)20(18)12-22-26(24)33(44)39(31(22)42)17-8-4-15(35)5-9-17/h2-10,13,19-20,22,24-26,40H,11-12H2,1H3/t19-,20+,22+,24+,25-,26+/m0/s1.